The summed E-state index contributed by atoms with van der Waals surface area (Å²) in [5, 5.41) is 22.8. The zero-order chi connectivity index (χ0) is 19.8. The average Bonchev–Trinajstić information content (AvgIpc) is 3.22. The van der Waals surface area contributed by atoms with E-state index in [-0.39, 0.29) is 30.1 Å². The number of rotatable bonds is 5. The van der Waals surface area contributed by atoms with Crippen LogP contribution in [-0.2, 0) is 11.2 Å². The van der Waals surface area contributed by atoms with Crippen LogP contribution in [0.25, 0.3) is 11.2 Å². The molecule has 148 valence electrons. The van der Waals surface area contributed by atoms with Crippen molar-refractivity contribution in [3.05, 3.63) is 40.2 Å². The minimum Gasteiger partial charge on any atom is -0.394 e. The summed E-state index contributed by atoms with van der Waals surface area (Å²) in [6.07, 6.45) is -1.21. The van der Waals surface area contributed by atoms with Gasteiger partial charge in [0, 0.05) is 12.1 Å². The second kappa shape index (κ2) is 7.23. The van der Waals surface area contributed by atoms with Gasteiger partial charge in [0.15, 0.2) is 11.2 Å². The number of hydrogen-bond acceptors (Lipinski definition) is 8. The standard InChI is InChI=1S/C18H22N6O4/c1-2-9-5-3-4-6-10(9)20-18-21-14-15(22-17(19)23-16(14)27)24(18)13-7-11(26)12(8-25)28-13/h3-6,11-13,25-26H,2,7-8H2,1H3,(H,20,21)(H3,19,22,23,27)/t11-,12+,13+/m0/s1. The number of nitrogens with one attached hydrogen (secondary N) is 2. The van der Waals surface area contributed by atoms with Crippen LogP contribution in [0.3, 0.4) is 0 Å². The van der Waals surface area contributed by atoms with Crippen molar-refractivity contribution in [2.24, 2.45) is 0 Å². The van der Waals surface area contributed by atoms with Crippen molar-refractivity contribution in [2.45, 2.75) is 38.2 Å². The third-order valence-electron chi connectivity index (χ3n) is 4.89. The van der Waals surface area contributed by atoms with Crippen molar-refractivity contribution >= 4 is 28.7 Å². The number of aryl methyl sites for hydroxylation is 1. The van der Waals surface area contributed by atoms with Gasteiger partial charge in [0.2, 0.25) is 11.9 Å². The van der Waals surface area contributed by atoms with Gasteiger partial charge in [0.25, 0.3) is 5.56 Å². The Morgan fingerprint density at radius 1 is 1.39 bits per heavy atom. The highest BCUT2D eigenvalue weighted by Crippen LogP contribution is 2.34. The van der Waals surface area contributed by atoms with Crippen molar-refractivity contribution in [2.75, 3.05) is 17.7 Å². The molecule has 1 saturated heterocycles. The summed E-state index contributed by atoms with van der Waals surface area (Å²) in [4.78, 5) is 23.4. The molecular weight excluding hydrogens is 364 g/mol. The molecule has 1 aromatic carbocycles. The summed E-state index contributed by atoms with van der Waals surface area (Å²) in [7, 11) is 0. The number of fused-ring (bicyclic) bond motifs is 1. The highest BCUT2D eigenvalue weighted by Gasteiger charge is 2.37. The van der Waals surface area contributed by atoms with E-state index < -0.39 is 24.0 Å². The van der Waals surface area contributed by atoms with Crippen molar-refractivity contribution in [3.8, 4) is 0 Å². The van der Waals surface area contributed by atoms with Gasteiger partial charge in [-0.1, -0.05) is 25.1 Å². The monoisotopic (exact) mass is 386 g/mol. The molecule has 6 N–H and O–H groups in total. The molecule has 0 saturated carbocycles. The van der Waals surface area contributed by atoms with E-state index in [4.69, 9.17) is 10.5 Å². The van der Waals surface area contributed by atoms with Gasteiger partial charge in [-0.2, -0.15) is 4.98 Å². The highest BCUT2D eigenvalue weighted by atomic mass is 16.5. The first-order valence-corrected chi connectivity index (χ1v) is 9.08. The molecule has 0 amide bonds. The van der Waals surface area contributed by atoms with Gasteiger partial charge in [-0.25, -0.2) is 4.98 Å². The van der Waals surface area contributed by atoms with Crippen molar-refractivity contribution in [1.29, 1.82) is 0 Å². The van der Waals surface area contributed by atoms with Crippen LogP contribution in [0, 0.1) is 0 Å². The van der Waals surface area contributed by atoms with E-state index in [1.54, 1.807) is 4.57 Å². The summed E-state index contributed by atoms with van der Waals surface area (Å²) in [5.41, 5.74) is 7.52. The fourth-order valence-electron chi connectivity index (χ4n) is 3.47. The van der Waals surface area contributed by atoms with E-state index in [0.717, 1.165) is 17.7 Å². The number of benzene rings is 1. The van der Waals surface area contributed by atoms with E-state index in [0.29, 0.717) is 5.95 Å². The first-order valence-electron chi connectivity index (χ1n) is 9.08. The highest BCUT2D eigenvalue weighted by molar-refractivity contribution is 5.76. The van der Waals surface area contributed by atoms with Gasteiger partial charge >= 0.3 is 0 Å². The van der Waals surface area contributed by atoms with Gasteiger partial charge in [0.05, 0.1) is 12.7 Å². The van der Waals surface area contributed by atoms with Crippen molar-refractivity contribution in [3.63, 3.8) is 0 Å². The molecule has 1 fully saturated rings. The molecule has 2 aromatic heterocycles. The molecule has 4 rings (SSSR count). The summed E-state index contributed by atoms with van der Waals surface area (Å²) in [5.74, 6) is 0.298. The topological polar surface area (TPSA) is 151 Å². The normalized spacial score (nSPS) is 22.0. The number of aliphatic hydroxyl groups excluding tert-OH is 2. The molecule has 1 aliphatic heterocycles. The molecule has 3 aromatic rings. The SMILES string of the molecule is CCc1ccccc1Nc1nc2c(=O)[nH]c(N)nc2n1[C@H]1C[C@H](O)[C@@H](CO)O1. The number of para-hydroxylation sites is 1. The Morgan fingerprint density at radius 3 is 2.89 bits per heavy atom. The number of aromatic amines is 1. The Bertz CT molecular complexity index is 1060. The second-order valence-electron chi connectivity index (χ2n) is 6.68. The third kappa shape index (κ3) is 3.11. The molecule has 10 nitrogen and oxygen atoms in total. The second-order valence-corrected chi connectivity index (χ2v) is 6.68. The Balaban J connectivity index is 1.86. The predicted octanol–water partition coefficient (Wildman–Crippen LogP) is 0.648. The number of imidazole rings is 1. The molecule has 0 radical (unpaired) electrons. The number of nitrogen functional groups attached to an aromatic ring is 1. The van der Waals surface area contributed by atoms with Gasteiger partial charge in [0.1, 0.15) is 12.3 Å². The summed E-state index contributed by atoms with van der Waals surface area (Å²) in [6, 6.07) is 7.75. The van der Waals surface area contributed by atoms with Crippen LogP contribution in [0.1, 0.15) is 25.1 Å². The average molecular weight is 386 g/mol. The Labute approximate surface area is 160 Å². The van der Waals surface area contributed by atoms with Crippen LogP contribution in [0.15, 0.2) is 29.1 Å². The molecule has 0 aliphatic carbocycles. The van der Waals surface area contributed by atoms with E-state index in [1.165, 1.54) is 0 Å². The predicted molar refractivity (Wildman–Crippen MR) is 103 cm³/mol. The third-order valence-corrected chi connectivity index (χ3v) is 4.89. The number of aromatic nitrogens is 4. The molecule has 0 bridgehead atoms. The number of H-pyrrole nitrogens is 1. The van der Waals surface area contributed by atoms with Crippen molar-refractivity contribution < 1.29 is 14.9 Å². The lowest BCUT2D eigenvalue weighted by Gasteiger charge is -2.18. The van der Waals surface area contributed by atoms with Crippen LogP contribution in [0.2, 0.25) is 0 Å². The maximum Gasteiger partial charge on any atom is 0.280 e. The van der Waals surface area contributed by atoms with Crippen LogP contribution in [-0.4, -0.2) is 48.5 Å². The molecule has 0 unspecified atom stereocenters. The Kier molecular flexibility index (Phi) is 4.75. The molecule has 1 aliphatic rings. The van der Waals surface area contributed by atoms with Gasteiger partial charge in [-0.15, -0.1) is 0 Å². The van der Waals surface area contributed by atoms with Gasteiger partial charge < -0.3 is 26.0 Å². The fraction of sp³-hybridized carbons (Fsp3) is 0.389. The van der Waals surface area contributed by atoms with Crippen LogP contribution in [0.4, 0.5) is 17.6 Å². The first-order chi connectivity index (χ1) is 13.5. The summed E-state index contributed by atoms with van der Waals surface area (Å²) in [6.45, 7) is 1.72. The lowest BCUT2D eigenvalue weighted by atomic mass is 10.1. The Hall–Kier alpha value is -2.95. The molecule has 10 heteroatoms. The fourth-order valence-corrected chi connectivity index (χ4v) is 3.47. The summed E-state index contributed by atoms with van der Waals surface area (Å²) < 4.78 is 7.38. The zero-order valence-electron chi connectivity index (χ0n) is 15.3. The van der Waals surface area contributed by atoms with Crippen LogP contribution >= 0.6 is 0 Å². The van der Waals surface area contributed by atoms with E-state index in [2.05, 4.69) is 20.3 Å². The minimum atomic E-state index is -0.845. The maximum absolute atomic E-state index is 12.3. The maximum atomic E-state index is 12.3. The lowest BCUT2D eigenvalue weighted by Crippen LogP contribution is -2.24. The summed E-state index contributed by atoms with van der Waals surface area (Å²) >= 11 is 0. The van der Waals surface area contributed by atoms with Crippen LogP contribution in [0.5, 0.6) is 0 Å². The largest absolute Gasteiger partial charge is 0.394 e. The number of nitrogens with two attached hydrogens (primary N) is 1. The zero-order valence-corrected chi connectivity index (χ0v) is 15.3. The molecule has 3 heterocycles. The lowest BCUT2D eigenvalue weighted by molar-refractivity contribution is -0.0425. The smallest absolute Gasteiger partial charge is 0.280 e. The van der Waals surface area contributed by atoms with Gasteiger partial charge in [-0.05, 0) is 18.1 Å². The van der Waals surface area contributed by atoms with E-state index >= 15 is 0 Å². The van der Waals surface area contributed by atoms with E-state index in [1.807, 2.05) is 31.2 Å². The van der Waals surface area contributed by atoms with E-state index in [9.17, 15) is 15.0 Å². The number of hydrogen-bond donors (Lipinski definition) is 5. The number of anilines is 3. The molecular formula is C18H22N6O4. The number of aliphatic hydroxyl groups is 2. The molecule has 3 atom stereocenters. The number of nitrogens with zero attached hydrogens (tertiary/aromatic N) is 3. The minimum absolute atomic E-state index is 0.0450. The quantitative estimate of drug-likeness (QED) is 0.429. The number of ether oxygens (including phenoxy) is 1. The first kappa shape index (κ1) is 18.4. The van der Waals surface area contributed by atoms with Crippen molar-refractivity contribution in [1.82, 2.24) is 19.5 Å². The Morgan fingerprint density at radius 2 is 2.18 bits per heavy atom. The van der Waals surface area contributed by atoms with Crippen LogP contribution < -0.4 is 16.6 Å². The van der Waals surface area contributed by atoms with Gasteiger partial charge in [-0.3, -0.25) is 14.3 Å². The molecule has 0 spiro atoms. The molecule has 28 heavy (non-hydrogen) atoms.